The average Bonchev–Trinajstić information content (AvgIpc) is 2.63. The summed E-state index contributed by atoms with van der Waals surface area (Å²) in [5.74, 6) is -0.0560. The third-order valence-corrected chi connectivity index (χ3v) is 2.65. The zero-order valence-electron chi connectivity index (χ0n) is 9.12. The van der Waals surface area contributed by atoms with Gasteiger partial charge in [0.15, 0.2) is 0 Å². The molecule has 0 radical (unpaired) electrons. The summed E-state index contributed by atoms with van der Waals surface area (Å²) in [5, 5.41) is 14.0. The van der Waals surface area contributed by atoms with Crippen molar-refractivity contribution in [1.29, 1.82) is 5.26 Å². The van der Waals surface area contributed by atoms with E-state index in [1.165, 1.54) is 0 Å². The molecule has 1 aliphatic heterocycles. The van der Waals surface area contributed by atoms with E-state index in [2.05, 4.69) is 15.5 Å². The third kappa shape index (κ3) is 3.86. The minimum atomic E-state index is -0.0560. The number of amides is 1. The number of likely N-dealkylation sites (N-methyl/N-ethyl adjacent to an activating group) is 1. The summed E-state index contributed by atoms with van der Waals surface area (Å²) < 4.78 is 0. The topological polar surface area (TPSA) is 68.2 Å². The Bertz CT molecular complexity index is 248. The Kier molecular flexibility index (Phi) is 5.08. The lowest BCUT2D eigenvalue weighted by Gasteiger charge is -2.23. The van der Waals surface area contributed by atoms with Crippen molar-refractivity contribution in [3.63, 3.8) is 0 Å². The molecule has 0 bridgehead atoms. The Hall–Kier alpha value is -1.12. The molecule has 0 spiro atoms. The summed E-state index contributed by atoms with van der Waals surface area (Å²) in [4.78, 5) is 13.6. The van der Waals surface area contributed by atoms with Crippen molar-refractivity contribution in [2.45, 2.75) is 18.9 Å². The monoisotopic (exact) mass is 210 g/mol. The second-order valence-electron chi connectivity index (χ2n) is 3.76. The maximum absolute atomic E-state index is 11.4. The third-order valence-electron chi connectivity index (χ3n) is 2.65. The molecule has 0 aliphatic carbocycles. The van der Waals surface area contributed by atoms with Crippen LogP contribution in [0.1, 0.15) is 12.8 Å². The van der Waals surface area contributed by atoms with Gasteiger partial charge in [0.1, 0.15) is 6.54 Å². The molecule has 1 rings (SSSR count). The van der Waals surface area contributed by atoms with E-state index in [9.17, 15) is 4.79 Å². The summed E-state index contributed by atoms with van der Waals surface area (Å²) in [5.41, 5.74) is 0. The number of hydrogen-bond acceptors (Lipinski definition) is 4. The van der Waals surface area contributed by atoms with Crippen LogP contribution in [0.3, 0.4) is 0 Å². The molecule has 1 atom stereocenters. The summed E-state index contributed by atoms with van der Waals surface area (Å²) >= 11 is 0. The van der Waals surface area contributed by atoms with Crippen LogP contribution in [0.5, 0.6) is 0 Å². The fraction of sp³-hybridized carbons (Fsp3) is 0.800. The van der Waals surface area contributed by atoms with E-state index in [0.29, 0.717) is 12.6 Å². The molecule has 1 amide bonds. The number of hydrogen-bond donors (Lipinski definition) is 2. The van der Waals surface area contributed by atoms with Gasteiger partial charge in [0, 0.05) is 12.6 Å². The maximum atomic E-state index is 11.4. The first-order valence-corrected chi connectivity index (χ1v) is 5.30. The summed E-state index contributed by atoms with van der Waals surface area (Å²) in [6, 6.07) is 2.36. The van der Waals surface area contributed by atoms with Crippen LogP contribution in [0, 0.1) is 11.3 Å². The van der Waals surface area contributed by atoms with Gasteiger partial charge in [-0.25, -0.2) is 0 Å². The molecule has 2 N–H and O–H groups in total. The molecule has 0 saturated carbocycles. The number of nitriles is 1. The zero-order chi connectivity index (χ0) is 11.1. The van der Waals surface area contributed by atoms with Gasteiger partial charge in [-0.05, 0) is 26.4 Å². The second-order valence-corrected chi connectivity index (χ2v) is 3.76. The number of rotatable bonds is 5. The molecule has 1 aliphatic rings. The van der Waals surface area contributed by atoms with Gasteiger partial charge in [-0.15, -0.1) is 0 Å². The summed E-state index contributed by atoms with van der Waals surface area (Å²) in [6.45, 7) is 2.41. The van der Waals surface area contributed by atoms with E-state index in [-0.39, 0.29) is 12.5 Å². The molecule has 0 aromatic rings. The average molecular weight is 210 g/mol. The lowest BCUT2D eigenvalue weighted by Crippen LogP contribution is -2.43. The van der Waals surface area contributed by atoms with Gasteiger partial charge in [0.2, 0.25) is 5.91 Å². The lowest BCUT2D eigenvalue weighted by atomic mass is 10.2. The smallest absolute Gasteiger partial charge is 0.235 e. The van der Waals surface area contributed by atoms with Crippen molar-refractivity contribution in [2.75, 3.05) is 33.2 Å². The van der Waals surface area contributed by atoms with Crippen molar-refractivity contribution >= 4 is 5.91 Å². The van der Waals surface area contributed by atoms with Crippen molar-refractivity contribution in [2.24, 2.45) is 0 Å². The van der Waals surface area contributed by atoms with E-state index >= 15 is 0 Å². The molecular weight excluding hydrogens is 192 g/mol. The molecule has 1 heterocycles. The van der Waals surface area contributed by atoms with Crippen molar-refractivity contribution in [1.82, 2.24) is 15.5 Å². The molecule has 5 nitrogen and oxygen atoms in total. The van der Waals surface area contributed by atoms with Crippen LogP contribution in [0.25, 0.3) is 0 Å². The van der Waals surface area contributed by atoms with Crippen molar-refractivity contribution in [3.8, 4) is 6.07 Å². The van der Waals surface area contributed by atoms with E-state index in [1.54, 1.807) is 0 Å². The Morgan fingerprint density at radius 1 is 1.67 bits per heavy atom. The normalized spacial score (nSPS) is 21.2. The molecule has 84 valence electrons. The summed E-state index contributed by atoms with van der Waals surface area (Å²) in [6.07, 6.45) is 2.30. The first-order valence-electron chi connectivity index (χ1n) is 5.30. The highest BCUT2D eigenvalue weighted by Crippen LogP contribution is 2.15. The molecule has 5 heteroatoms. The van der Waals surface area contributed by atoms with Gasteiger partial charge in [-0.3, -0.25) is 9.69 Å². The van der Waals surface area contributed by atoms with Crippen LogP contribution in [-0.4, -0.2) is 50.1 Å². The highest BCUT2D eigenvalue weighted by atomic mass is 16.2. The van der Waals surface area contributed by atoms with Crippen LogP contribution in [0.4, 0.5) is 0 Å². The van der Waals surface area contributed by atoms with Crippen LogP contribution in [0.2, 0.25) is 0 Å². The molecule has 0 aromatic carbocycles. The fourth-order valence-corrected chi connectivity index (χ4v) is 1.95. The van der Waals surface area contributed by atoms with Gasteiger partial charge < -0.3 is 10.6 Å². The molecule has 15 heavy (non-hydrogen) atoms. The predicted molar refractivity (Wildman–Crippen MR) is 57.1 cm³/mol. The van der Waals surface area contributed by atoms with Gasteiger partial charge in [0.25, 0.3) is 0 Å². The number of nitrogens with zero attached hydrogens (tertiary/aromatic N) is 2. The molecule has 0 aromatic heterocycles. The number of carbonyl (C=O) groups is 1. The highest BCUT2D eigenvalue weighted by Gasteiger charge is 2.25. The quantitative estimate of drug-likeness (QED) is 0.589. The number of likely N-dealkylation sites (tertiary alicyclic amines) is 1. The Morgan fingerprint density at radius 3 is 3.13 bits per heavy atom. The SMILES string of the molecule is CNCC1CCCN1CC(=O)NCC#N. The van der Waals surface area contributed by atoms with Crippen LogP contribution < -0.4 is 10.6 Å². The maximum Gasteiger partial charge on any atom is 0.235 e. The molecular formula is C10H18N4O. The first kappa shape index (κ1) is 12.0. The van der Waals surface area contributed by atoms with Crippen LogP contribution >= 0.6 is 0 Å². The van der Waals surface area contributed by atoms with Gasteiger partial charge in [0.05, 0.1) is 12.6 Å². The largest absolute Gasteiger partial charge is 0.342 e. The van der Waals surface area contributed by atoms with E-state index < -0.39 is 0 Å². The Morgan fingerprint density at radius 2 is 2.47 bits per heavy atom. The molecule has 1 unspecified atom stereocenters. The van der Waals surface area contributed by atoms with Gasteiger partial charge in [-0.2, -0.15) is 5.26 Å². The Balaban J connectivity index is 2.30. The Labute approximate surface area is 90.4 Å². The van der Waals surface area contributed by atoms with E-state index in [1.807, 2.05) is 13.1 Å². The van der Waals surface area contributed by atoms with E-state index in [4.69, 9.17) is 5.26 Å². The fourth-order valence-electron chi connectivity index (χ4n) is 1.95. The van der Waals surface area contributed by atoms with Gasteiger partial charge in [-0.1, -0.05) is 0 Å². The molecule has 1 fully saturated rings. The van der Waals surface area contributed by atoms with Crippen molar-refractivity contribution < 1.29 is 4.79 Å². The number of nitrogens with one attached hydrogen (secondary N) is 2. The highest BCUT2D eigenvalue weighted by molar-refractivity contribution is 5.78. The van der Waals surface area contributed by atoms with Crippen molar-refractivity contribution in [3.05, 3.63) is 0 Å². The van der Waals surface area contributed by atoms with E-state index in [0.717, 1.165) is 25.9 Å². The number of carbonyl (C=O) groups excluding carboxylic acids is 1. The predicted octanol–water partition coefficient (Wildman–Crippen LogP) is -0.690. The minimum Gasteiger partial charge on any atom is -0.342 e. The zero-order valence-corrected chi connectivity index (χ0v) is 9.12. The minimum absolute atomic E-state index is 0.0560. The van der Waals surface area contributed by atoms with Gasteiger partial charge >= 0.3 is 0 Å². The van der Waals surface area contributed by atoms with Crippen LogP contribution in [0.15, 0.2) is 0 Å². The summed E-state index contributed by atoms with van der Waals surface area (Å²) in [7, 11) is 1.92. The van der Waals surface area contributed by atoms with Crippen LogP contribution in [-0.2, 0) is 4.79 Å². The first-order chi connectivity index (χ1) is 7.27. The second kappa shape index (κ2) is 6.38. The standard InChI is InChI=1S/C10H18N4O/c1-12-7-9-3-2-6-14(9)8-10(15)13-5-4-11/h9,12H,2-3,5-8H2,1H3,(H,13,15). The molecule has 1 saturated heterocycles. The lowest BCUT2D eigenvalue weighted by molar-refractivity contribution is -0.122.